The lowest BCUT2D eigenvalue weighted by Crippen LogP contribution is -2.27. The Morgan fingerprint density at radius 2 is 1.90 bits per heavy atom. The average molecular weight is 354 g/mol. The fourth-order valence-corrected chi connectivity index (χ4v) is 2.34. The number of rotatable bonds is 3. The number of benzene rings is 2. The van der Waals surface area contributed by atoms with E-state index in [4.69, 9.17) is 17.3 Å². The van der Waals surface area contributed by atoms with Gasteiger partial charge in [-0.05, 0) is 35.9 Å². The summed E-state index contributed by atoms with van der Waals surface area (Å²) in [6.07, 6.45) is 0. The van der Waals surface area contributed by atoms with Gasteiger partial charge in [-0.3, -0.25) is 4.79 Å². The summed E-state index contributed by atoms with van der Waals surface area (Å²) in [5.74, 6) is -0.112. The molecule has 2 aromatic rings. The van der Waals surface area contributed by atoms with Crippen molar-refractivity contribution in [2.75, 3.05) is 12.8 Å². The Balaban J connectivity index is 2.16. The molecular formula is C15H14BrClN2O. The van der Waals surface area contributed by atoms with Gasteiger partial charge in [-0.15, -0.1) is 0 Å². The van der Waals surface area contributed by atoms with Crippen molar-refractivity contribution < 1.29 is 4.79 Å². The summed E-state index contributed by atoms with van der Waals surface area (Å²) in [6.45, 7) is 0.502. The molecule has 0 atom stereocenters. The monoisotopic (exact) mass is 352 g/mol. The summed E-state index contributed by atoms with van der Waals surface area (Å²) >= 11 is 9.19. The number of nitrogens with zero attached hydrogens (tertiary/aromatic N) is 1. The zero-order valence-corrected chi connectivity index (χ0v) is 13.3. The molecule has 2 rings (SSSR count). The SMILES string of the molecule is CN(Cc1ccc(Cl)cc1)C(=O)c1cc(Br)ccc1N. The molecule has 1 amide bonds. The smallest absolute Gasteiger partial charge is 0.256 e. The molecule has 0 unspecified atom stereocenters. The Kier molecular flexibility index (Phi) is 4.68. The summed E-state index contributed by atoms with van der Waals surface area (Å²) in [4.78, 5) is 14.0. The predicted molar refractivity (Wildman–Crippen MR) is 85.8 cm³/mol. The number of halogens is 2. The van der Waals surface area contributed by atoms with Crippen molar-refractivity contribution in [2.24, 2.45) is 0 Å². The molecule has 2 aromatic carbocycles. The molecule has 0 aliphatic rings. The topological polar surface area (TPSA) is 46.3 Å². The molecule has 0 radical (unpaired) electrons. The standard InChI is InChI=1S/C15H14BrClN2O/c1-19(9-10-2-5-12(17)6-3-10)15(20)13-8-11(16)4-7-14(13)18/h2-8H,9,18H2,1H3. The number of hydrogen-bond acceptors (Lipinski definition) is 2. The number of nitrogens with two attached hydrogens (primary N) is 1. The Bertz CT molecular complexity index is 628. The van der Waals surface area contributed by atoms with Gasteiger partial charge in [-0.2, -0.15) is 0 Å². The molecule has 0 aliphatic heterocycles. The number of carbonyl (C=O) groups is 1. The largest absolute Gasteiger partial charge is 0.398 e. The Morgan fingerprint density at radius 3 is 2.55 bits per heavy atom. The van der Waals surface area contributed by atoms with E-state index in [-0.39, 0.29) is 5.91 Å². The first-order valence-electron chi connectivity index (χ1n) is 6.02. The van der Waals surface area contributed by atoms with Gasteiger partial charge in [0.05, 0.1) is 5.56 Å². The molecule has 0 bridgehead atoms. The van der Waals surface area contributed by atoms with Crippen molar-refractivity contribution in [3.8, 4) is 0 Å². The van der Waals surface area contributed by atoms with Crippen LogP contribution in [0, 0.1) is 0 Å². The van der Waals surface area contributed by atoms with Crippen LogP contribution in [0.3, 0.4) is 0 Å². The maximum atomic E-state index is 12.4. The number of amides is 1. The van der Waals surface area contributed by atoms with Crippen molar-refractivity contribution in [1.82, 2.24) is 4.90 Å². The number of nitrogen functional groups attached to an aromatic ring is 1. The molecule has 0 saturated carbocycles. The van der Waals surface area contributed by atoms with Crippen molar-refractivity contribution in [1.29, 1.82) is 0 Å². The van der Waals surface area contributed by atoms with E-state index in [1.54, 1.807) is 24.1 Å². The highest BCUT2D eigenvalue weighted by atomic mass is 79.9. The molecular weight excluding hydrogens is 340 g/mol. The van der Waals surface area contributed by atoms with Gasteiger partial charge in [0.25, 0.3) is 5.91 Å². The van der Waals surface area contributed by atoms with Gasteiger partial charge in [0.15, 0.2) is 0 Å². The fraction of sp³-hybridized carbons (Fsp3) is 0.133. The summed E-state index contributed by atoms with van der Waals surface area (Å²) in [5.41, 5.74) is 7.84. The van der Waals surface area contributed by atoms with Gasteiger partial charge in [-0.25, -0.2) is 0 Å². The van der Waals surface area contributed by atoms with Crippen LogP contribution in [0.15, 0.2) is 46.9 Å². The first-order chi connectivity index (χ1) is 9.47. The summed E-state index contributed by atoms with van der Waals surface area (Å²) in [6, 6.07) is 12.7. The number of carbonyl (C=O) groups excluding carboxylic acids is 1. The van der Waals surface area contributed by atoms with E-state index in [1.807, 2.05) is 30.3 Å². The van der Waals surface area contributed by atoms with E-state index < -0.39 is 0 Å². The van der Waals surface area contributed by atoms with Crippen LogP contribution >= 0.6 is 27.5 Å². The molecule has 3 nitrogen and oxygen atoms in total. The van der Waals surface area contributed by atoms with Crippen LogP contribution < -0.4 is 5.73 Å². The van der Waals surface area contributed by atoms with E-state index in [0.717, 1.165) is 10.0 Å². The lowest BCUT2D eigenvalue weighted by atomic mass is 10.1. The van der Waals surface area contributed by atoms with Crippen molar-refractivity contribution in [2.45, 2.75) is 6.54 Å². The molecule has 5 heteroatoms. The van der Waals surface area contributed by atoms with Crippen LogP contribution in [-0.4, -0.2) is 17.9 Å². The number of hydrogen-bond donors (Lipinski definition) is 1. The summed E-state index contributed by atoms with van der Waals surface area (Å²) < 4.78 is 0.829. The van der Waals surface area contributed by atoms with Gasteiger partial charge >= 0.3 is 0 Å². The first-order valence-corrected chi connectivity index (χ1v) is 7.19. The van der Waals surface area contributed by atoms with Gasteiger partial charge in [-0.1, -0.05) is 39.7 Å². The normalized spacial score (nSPS) is 10.3. The second-order valence-electron chi connectivity index (χ2n) is 4.52. The van der Waals surface area contributed by atoms with Crippen LogP contribution in [0.5, 0.6) is 0 Å². The average Bonchev–Trinajstić information content (AvgIpc) is 2.43. The predicted octanol–water partition coefficient (Wildman–Crippen LogP) is 3.96. The van der Waals surface area contributed by atoms with Gasteiger partial charge in [0.2, 0.25) is 0 Å². The van der Waals surface area contributed by atoms with Crippen LogP contribution in [0.1, 0.15) is 15.9 Å². The summed E-state index contributed by atoms with van der Waals surface area (Å²) in [7, 11) is 1.75. The molecule has 2 N–H and O–H groups in total. The highest BCUT2D eigenvalue weighted by Gasteiger charge is 2.15. The zero-order chi connectivity index (χ0) is 14.7. The molecule has 0 heterocycles. The van der Waals surface area contributed by atoms with Crippen molar-refractivity contribution in [3.63, 3.8) is 0 Å². The van der Waals surface area contributed by atoms with Crippen LogP contribution in [-0.2, 0) is 6.54 Å². The molecule has 20 heavy (non-hydrogen) atoms. The first kappa shape index (κ1) is 14.9. The third-order valence-electron chi connectivity index (χ3n) is 2.93. The van der Waals surface area contributed by atoms with Gasteiger partial charge in [0, 0.05) is 28.8 Å². The van der Waals surface area contributed by atoms with Crippen molar-refractivity contribution in [3.05, 3.63) is 63.1 Å². The minimum atomic E-state index is -0.112. The second-order valence-corrected chi connectivity index (χ2v) is 5.87. The van der Waals surface area contributed by atoms with Crippen LogP contribution in [0.4, 0.5) is 5.69 Å². The Morgan fingerprint density at radius 1 is 1.25 bits per heavy atom. The summed E-state index contributed by atoms with van der Waals surface area (Å²) in [5, 5.41) is 0.680. The van der Waals surface area contributed by atoms with Crippen molar-refractivity contribution >= 4 is 39.1 Å². The maximum Gasteiger partial charge on any atom is 0.256 e. The fourth-order valence-electron chi connectivity index (χ4n) is 1.85. The minimum Gasteiger partial charge on any atom is -0.398 e. The lowest BCUT2D eigenvalue weighted by Gasteiger charge is -2.18. The Labute approximate surface area is 131 Å². The molecule has 104 valence electrons. The van der Waals surface area contributed by atoms with Crippen LogP contribution in [0.2, 0.25) is 5.02 Å². The van der Waals surface area contributed by atoms with Crippen LogP contribution in [0.25, 0.3) is 0 Å². The molecule has 0 aliphatic carbocycles. The minimum absolute atomic E-state index is 0.112. The van der Waals surface area contributed by atoms with E-state index in [1.165, 1.54) is 0 Å². The maximum absolute atomic E-state index is 12.4. The quantitative estimate of drug-likeness (QED) is 0.849. The number of anilines is 1. The van der Waals surface area contributed by atoms with E-state index in [2.05, 4.69) is 15.9 Å². The molecule has 0 spiro atoms. The van der Waals surface area contributed by atoms with E-state index in [0.29, 0.717) is 22.8 Å². The third kappa shape index (κ3) is 3.52. The molecule has 0 saturated heterocycles. The van der Waals surface area contributed by atoms with Gasteiger partial charge < -0.3 is 10.6 Å². The molecule has 0 aromatic heterocycles. The highest BCUT2D eigenvalue weighted by Crippen LogP contribution is 2.20. The third-order valence-corrected chi connectivity index (χ3v) is 3.67. The zero-order valence-electron chi connectivity index (χ0n) is 10.9. The van der Waals surface area contributed by atoms with E-state index >= 15 is 0 Å². The second kappa shape index (κ2) is 6.29. The highest BCUT2D eigenvalue weighted by molar-refractivity contribution is 9.10. The molecule has 0 fully saturated rings. The lowest BCUT2D eigenvalue weighted by molar-refractivity contribution is 0.0786. The Hall–Kier alpha value is -1.52. The van der Waals surface area contributed by atoms with Gasteiger partial charge in [0.1, 0.15) is 0 Å². The van der Waals surface area contributed by atoms with E-state index in [9.17, 15) is 4.79 Å².